The van der Waals surface area contributed by atoms with Crippen molar-refractivity contribution in [1.29, 1.82) is 0 Å². The highest BCUT2D eigenvalue weighted by Crippen LogP contribution is 2.27. The minimum absolute atomic E-state index is 1.01. The van der Waals surface area contributed by atoms with E-state index in [1.807, 2.05) is 0 Å². The standard InChI is InChI=1S/C13H26S/c1-2-3-9-12-14-13-10-7-5-4-6-8-11-13/h13H,2-12H2,1H3. The third-order valence-electron chi connectivity index (χ3n) is 3.15. The van der Waals surface area contributed by atoms with Crippen molar-refractivity contribution in [3.63, 3.8) is 0 Å². The summed E-state index contributed by atoms with van der Waals surface area (Å²) in [6.45, 7) is 2.29. The molecule has 0 nitrogen and oxygen atoms in total. The van der Waals surface area contributed by atoms with Crippen LogP contribution in [0, 0.1) is 0 Å². The van der Waals surface area contributed by atoms with Gasteiger partial charge in [-0.1, -0.05) is 51.9 Å². The van der Waals surface area contributed by atoms with Crippen LogP contribution in [0.5, 0.6) is 0 Å². The van der Waals surface area contributed by atoms with Crippen molar-refractivity contribution in [1.82, 2.24) is 0 Å². The van der Waals surface area contributed by atoms with E-state index in [1.165, 1.54) is 70.0 Å². The summed E-state index contributed by atoms with van der Waals surface area (Å²) >= 11 is 2.26. The van der Waals surface area contributed by atoms with Gasteiger partial charge in [-0.3, -0.25) is 0 Å². The Morgan fingerprint density at radius 1 is 0.929 bits per heavy atom. The van der Waals surface area contributed by atoms with Gasteiger partial charge in [0.25, 0.3) is 0 Å². The summed E-state index contributed by atoms with van der Waals surface area (Å²) < 4.78 is 0. The zero-order chi connectivity index (χ0) is 10.1. The number of hydrogen-bond donors (Lipinski definition) is 0. The smallest absolute Gasteiger partial charge is 0.00470 e. The highest BCUT2D eigenvalue weighted by Gasteiger charge is 2.10. The van der Waals surface area contributed by atoms with Crippen LogP contribution in [-0.4, -0.2) is 11.0 Å². The molecule has 0 unspecified atom stereocenters. The fourth-order valence-electron chi connectivity index (χ4n) is 2.19. The molecule has 0 radical (unpaired) electrons. The second-order valence-electron chi connectivity index (χ2n) is 4.55. The number of rotatable bonds is 5. The highest BCUT2D eigenvalue weighted by atomic mass is 32.2. The Labute approximate surface area is 94.2 Å². The molecule has 0 N–H and O–H groups in total. The molecule has 1 aliphatic rings. The summed E-state index contributed by atoms with van der Waals surface area (Å²) in [7, 11) is 0. The Balaban J connectivity index is 2.02. The highest BCUT2D eigenvalue weighted by molar-refractivity contribution is 7.99. The van der Waals surface area contributed by atoms with Gasteiger partial charge in [0.1, 0.15) is 0 Å². The van der Waals surface area contributed by atoms with Gasteiger partial charge >= 0.3 is 0 Å². The Hall–Kier alpha value is 0.350. The van der Waals surface area contributed by atoms with Crippen LogP contribution in [0.3, 0.4) is 0 Å². The zero-order valence-electron chi connectivity index (χ0n) is 9.76. The van der Waals surface area contributed by atoms with E-state index in [2.05, 4.69) is 18.7 Å². The molecular weight excluding hydrogens is 188 g/mol. The van der Waals surface area contributed by atoms with Gasteiger partial charge in [0.15, 0.2) is 0 Å². The Morgan fingerprint density at radius 2 is 1.57 bits per heavy atom. The fraction of sp³-hybridized carbons (Fsp3) is 1.00. The molecule has 0 amide bonds. The molecule has 0 heterocycles. The van der Waals surface area contributed by atoms with Gasteiger partial charge in [-0.2, -0.15) is 11.8 Å². The van der Waals surface area contributed by atoms with Gasteiger partial charge in [-0.05, 0) is 25.0 Å². The maximum Gasteiger partial charge on any atom is 0.00470 e. The number of thioether (sulfide) groups is 1. The maximum atomic E-state index is 2.29. The van der Waals surface area contributed by atoms with Crippen LogP contribution in [0.25, 0.3) is 0 Å². The van der Waals surface area contributed by atoms with Crippen molar-refractivity contribution in [2.75, 3.05) is 5.75 Å². The summed E-state index contributed by atoms with van der Waals surface area (Å²) in [4.78, 5) is 0. The van der Waals surface area contributed by atoms with Crippen LogP contribution in [0.4, 0.5) is 0 Å². The van der Waals surface area contributed by atoms with Gasteiger partial charge in [0.05, 0.1) is 0 Å². The lowest BCUT2D eigenvalue weighted by Gasteiger charge is -2.18. The van der Waals surface area contributed by atoms with Crippen LogP contribution >= 0.6 is 11.8 Å². The van der Waals surface area contributed by atoms with E-state index >= 15 is 0 Å². The summed E-state index contributed by atoms with van der Waals surface area (Å²) in [6, 6.07) is 0. The first-order valence-corrected chi connectivity index (χ1v) is 7.60. The SMILES string of the molecule is CCCCCSC1CCCCCCC1. The van der Waals surface area contributed by atoms with E-state index in [4.69, 9.17) is 0 Å². The quantitative estimate of drug-likeness (QED) is 0.579. The average molecular weight is 214 g/mol. The van der Waals surface area contributed by atoms with Crippen LogP contribution < -0.4 is 0 Å². The lowest BCUT2D eigenvalue weighted by atomic mass is 10.0. The lowest BCUT2D eigenvalue weighted by Crippen LogP contribution is -2.06. The zero-order valence-corrected chi connectivity index (χ0v) is 10.6. The van der Waals surface area contributed by atoms with Crippen molar-refractivity contribution in [2.24, 2.45) is 0 Å². The van der Waals surface area contributed by atoms with E-state index in [9.17, 15) is 0 Å². The first-order chi connectivity index (χ1) is 6.93. The molecular formula is C13H26S. The van der Waals surface area contributed by atoms with Crippen LogP contribution in [-0.2, 0) is 0 Å². The third-order valence-corrected chi connectivity index (χ3v) is 4.62. The van der Waals surface area contributed by atoms with Crippen molar-refractivity contribution in [2.45, 2.75) is 76.4 Å². The third kappa shape index (κ3) is 5.95. The summed E-state index contributed by atoms with van der Waals surface area (Å²) in [5.41, 5.74) is 0. The largest absolute Gasteiger partial charge is 0.159 e. The molecule has 1 heteroatoms. The minimum Gasteiger partial charge on any atom is -0.159 e. The molecule has 0 saturated heterocycles. The maximum absolute atomic E-state index is 2.29. The molecule has 1 fully saturated rings. The monoisotopic (exact) mass is 214 g/mol. The van der Waals surface area contributed by atoms with Gasteiger partial charge in [-0.25, -0.2) is 0 Å². The molecule has 0 spiro atoms. The molecule has 1 saturated carbocycles. The predicted molar refractivity (Wildman–Crippen MR) is 68.1 cm³/mol. The topological polar surface area (TPSA) is 0 Å². The van der Waals surface area contributed by atoms with Crippen molar-refractivity contribution < 1.29 is 0 Å². The fourth-order valence-corrected chi connectivity index (χ4v) is 3.56. The van der Waals surface area contributed by atoms with Gasteiger partial charge in [0.2, 0.25) is 0 Å². The van der Waals surface area contributed by atoms with E-state index in [1.54, 1.807) is 0 Å². The molecule has 0 bridgehead atoms. The van der Waals surface area contributed by atoms with Crippen LogP contribution in [0.2, 0.25) is 0 Å². The Bertz CT molecular complexity index is 114. The predicted octanol–water partition coefficient (Wildman–Crippen LogP) is 5.02. The molecule has 0 aromatic rings. The second-order valence-corrected chi connectivity index (χ2v) is 5.95. The van der Waals surface area contributed by atoms with Crippen LogP contribution in [0.1, 0.15) is 71.1 Å². The first-order valence-electron chi connectivity index (χ1n) is 6.55. The molecule has 0 atom stereocenters. The lowest BCUT2D eigenvalue weighted by molar-refractivity contribution is 0.513. The average Bonchev–Trinajstić information content (AvgIpc) is 2.15. The van der Waals surface area contributed by atoms with Crippen molar-refractivity contribution >= 4 is 11.8 Å². The van der Waals surface area contributed by atoms with E-state index in [0.717, 1.165) is 5.25 Å². The van der Waals surface area contributed by atoms with E-state index in [0.29, 0.717) is 0 Å². The van der Waals surface area contributed by atoms with Crippen molar-refractivity contribution in [3.05, 3.63) is 0 Å². The normalized spacial score (nSPS) is 20.4. The molecule has 14 heavy (non-hydrogen) atoms. The molecule has 0 aliphatic heterocycles. The van der Waals surface area contributed by atoms with Gasteiger partial charge in [-0.15, -0.1) is 0 Å². The van der Waals surface area contributed by atoms with E-state index in [-0.39, 0.29) is 0 Å². The second kappa shape index (κ2) is 8.64. The van der Waals surface area contributed by atoms with Gasteiger partial charge in [0, 0.05) is 5.25 Å². The number of unbranched alkanes of at least 4 members (excludes halogenated alkanes) is 2. The van der Waals surface area contributed by atoms with Gasteiger partial charge < -0.3 is 0 Å². The van der Waals surface area contributed by atoms with E-state index < -0.39 is 0 Å². The molecule has 84 valence electrons. The summed E-state index contributed by atoms with van der Waals surface area (Å²) in [5, 5.41) is 1.01. The summed E-state index contributed by atoms with van der Waals surface area (Å²) in [5.74, 6) is 1.42. The first kappa shape index (κ1) is 12.4. The Morgan fingerprint density at radius 3 is 2.21 bits per heavy atom. The summed E-state index contributed by atoms with van der Waals surface area (Å²) in [6.07, 6.45) is 14.7. The minimum atomic E-state index is 1.01. The van der Waals surface area contributed by atoms with Crippen LogP contribution in [0.15, 0.2) is 0 Å². The molecule has 0 aromatic carbocycles. The van der Waals surface area contributed by atoms with Crippen molar-refractivity contribution in [3.8, 4) is 0 Å². The number of hydrogen-bond acceptors (Lipinski definition) is 1. The Kier molecular flexibility index (Phi) is 7.67. The molecule has 1 aliphatic carbocycles. The molecule has 1 rings (SSSR count). The molecule has 0 aromatic heterocycles.